The number of rotatable bonds is 5. The zero-order valence-corrected chi connectivity index (χ0v) is 14.9. The van der Waals surface area contributed by atoms with Crippen molar-refractivity contribution in [2.24, 2.45) is 5.73 Å². The molecule has 0 spiro atoms. The third-order valence-electron chi connectivity index (χ3n) is 4.36. The number of benzene rings is 2. The minimum Gasteiger partial charge on any atom is -0.354 e. The quantitative estimate of drug-likeness (QED) is 0.546. The zero-order valence-electron chi connectivity index (χ0n) is 13.4. The van der Waals surface area contributed by atoms with E-state index < -0.39 is 0 Å². The highest BCUT2D eigenvalue weighted by Gasteiger charge is 2.17. The van der Waals surface area contributed by atoms with Crippen LogP contribution in [-0.4, -0.2) is 11.5 Å². The molecule has 0 fully saturated rings. The van der Waals surface area contributed by atoms with Gasteiger partial charge in [0.25, 0.3) is 0 Å². The lowest BCUT2D eigenvalue weighted by molar-refractivity contribution is 0.628. The Morgan fingerprint density at radius 3 is 2.58 bits per heavy atom. The summed E-state index contributed by atoms with van der Waals surface area (Å²) < 4.78 is 13.4. The second-order valence-corrected chi connectivity index (χ2v) is 6.76. The number of halogens is 3. The predicted molar refractivity (Wildman–Crippen MR) is 100 cm³/mol. The second-order valence-electron chi connectivity index (χ2n) is 5.94. The summed E-state index contributed by atoms with van der Waals surface area (Å²) in [5.74, 6) is -0.344. The van der Waals surface area contributed by atoms with Crippen LogP contribution in [0.5, 0.6) is 0 Å². The van der Waals surface area contributed by atoms with Gasteiger partial charge in [-0.2, -0.15) is 0 Å². The fraction of sp³-hybridized carbons (Fsp3) is 0.263. The SMILES string of the molecule is Cc1c(Cl)ccc2c(CCCCN)c(-c3ccc(F)cc3Cl)[nH]c12. The van der Waals surface area contributed by atoms with Crippen molar-refractivity contribution < 1.29 is 4.39 Å². The lowest BCUT2D eigenvalue weighted by Crippen LogP contribution is -1.99. The molecule has 3 aromatic rings. The van der Waals surface area contributed by atoms with Gasteiger partial charge in [-0.15, -0.1) is 0 Å². The summed E-state index contributed by atoms with van der Waals surface area (Å²) in [6.45, 7) is 2.65. The summed E-state index contributed by atoms with van der Waals surface area (Å²) in [5, 5.41) is 2.24. The molecule has 0 amide bonds. The Balaban J connectivity index is 2.21. The van der Waals surface area contributed by atoms with Crippen LogP contribution < -0.4 is 5.73 Å². The van der Waals surface area contributed by atoms with E-state index in [4.69, 9.17) is 28.9 Å². The van der Waals surface area contributed by atoms with Crippen LogP contribution in [0.15, 0.2) is 30.3 Å². The molecule has 0 aliphatic carbocycles. The summed E-state index contributed by atoms with van der Waals surface area (Å²) in [5.41, 5.74) is 10.5. The van der Waals surface area contributed by atoms with Gasteiger partial charge in [0.05, 0.1) is 16.2 Å². The van der Waals surface area contributed by atoms with Gasteiger partial charge in [-0.25, -0.2) is 4.39 Å². The first-order valence-corrected chi connectivity index (χ1v) is 8.73. The molecule has 0 aliphatic rings. The molecule has 0 saturated heterocycles. The number of hydrogen-bond acceptors (Lipinski definition) is 1. The predicted octanol–water partition coefficient (Wildman–Crippen LogP) is 5.87. The maximum absolute atomic E-state index is 13.4. The van der Waals surface area contributed by atoms with Crippen molar-refractivity contribution in [3.8, 4) is 11.3 Å². The van der Waals surface area contributed by atoms with Crippen LogP contribution in [0.2, 0.25) is 10.0 Å². The molecule has 1 aromatic heterocycles. The third-order valence-corrected chi connectivity index (χ3v) is 5.08. The minimum absolute atomic E-state index is 0.344. The fourth-order valence-corrected chi connectivity index (χ4v) is 3.48. The van der Waals surface area contributed by atoms with E-state index in [0.717, 1.165) is 47.0 Å². The summed E-state index contributed by atoms with van der Waals surface area (Å²) in [6, 6.07) is 8.42. The normalized spacial score (nSPS) is 11.4. The first-order valence-electron chi connectivity index (χ1n) is 7.98. The smallest absolute Gasteiger partial charge is 0.124 e. The molecule has 3 N–H and O–H groups in total. The van der Waals surface area contributed by atoms with E-state index in [9.17, 15) is 4.39 Å². The molecule has 0 saturated carbocycles. The number of aromatic amines is 1. The van der Waals surface area contributed by atoms with Gasteiger partial charge >= 0.3 is 0 Å². The van der Waals surface area contributed by atoms with Crippen molar-refractivity contribution >= 4 is 34.1 Å². The van der Waals surface area contributed by atoms with Gasteiger partial charge in [-0.3, -0.25) is 0 Å². The summed E-state index contributed by atoms with van der Waals surface area (Å²) in [4.78, 5) is 3.45. The molecule has 0 bridgehead atoms. The Morgan fingerprint density at radius 2 is 1.88 bits per heavy atom. The molecule has 2 aromatic carbocycles. The average Bonchev–Trinajstić information content (AvgIpc) is 2.91. The van der Waals surface area contributed by atoms with E-state index in [1.54, 1.807) is 6.07 Å². The molecule has 2 nitrogen and oxygen atoms in total. The Morgan fingerprint density at radius 1 is 1.08 bits per heavy atom. The van der Waals surface area contributed by atoms with Gasteiger partial charge in [-0.05, 0) is 68.1 Å². The van der Waals surface area contributed by atoms with Gasteiger partial charge in [0.1, 0.15) is 5.82 Å². The van der Waals surface area contributed by atoms with Crippen LogP contribution in [0.4, 0.5) is 4.39 Å². The number of hydrogen-bond donors (Lipinski definition) is 2. The Labute approximate surface area is 150 Å². The third kappa shape index (κ3) is 3.16. The van der Waals surface area contributed by atoms with Gasteiger partial charge < -0.3 is 10.7 Å². The van der Waals surface area contributed by atoms with Gasteiger partial charge in [0, 0.05) is 16.0 Å². The van der Waals surface area contributed by atoms with Gasteiger partial charge in [0.15, 0.2) is 0 Å². The van der Waals surface area contributed by atoms with Crippen LogP contribution in [0.25, 0.3) is 22.2 Å². The van der Waals surface area contributed by atoms with Crippen LogP contribution in [0.3, 0.4) is 0 Å². The maximum Gasteiger partial charge on any atom is 0.124 e. The monoisotopic (exact) mass is 364 g/mol. The Kier molecular flexibility index (Phi) is 5.14. The summed E-state index contributed by atoms with van der Waals surface area (Å²) in [6.07, 6.45) is 2.81. The van der Waals surface area contributed by atoms with Crippen molar-refractivity contribution in [2.75, 3.05) is 6.54 Å². The van der Waals surface area contributed by atoms with Crippen molar-refractivity contribution in [3.05, 3.63) is 57.3 Å². The molecule has 0 aliphatic heterocycles. The molecule has 0 unspecified atom stereocenters. The van der Waals surface area contributed by atoms with E-state index >= 15 is 0 Å². The summed E-state index contributed by atoms with van der Waals surface area (Å²) >= 11 is 12.6. The Bertz CT molecular complexity index is 887. The van der Waals surface area contributed by atoms with Crippen molar-refractivity contribution in [1.29, 1.82) is 0 Å². The molecule has 0 radical (unpaired) electrons. The molecule has 1 heterocycles. The molecule has 24 heavy (non-hydrogen) atoms. The zero-order chi connectivity index (χ0) is 17.3. The van der Waals surface area contributed by atoms with Gasteiger partial charge in [-0.1, -0.05) is 29.3 Å². The van der Waals surface area contributed by atoms with Crippen LogP contribution in [0, 0.1) is 12.7 Å². The lowest BCUT2D eigenvalue weighted by Gasteiger charge is -2.07. The van der Waals surface area contributed by atoms with Crippen molar-refractivity contribution in [1.82, 2.24) is 4.98 Å². The van der Waals surface area contributed by atoms with Crippen LogP contribution >= 0.6 is 23.2 Å². The van der Waals surface area contributed by atoms with E-state index in [1.807, 2.05) is 19.1 Å². The van der Waals surface area contributed by atoms with E-state index in [-0.39, 0.29) is 5.82 Å². The topological polar surface area (TPSA) is 41.8 Å². The molecule has 126 valence electrons. The fourth-order valence-electron chi connectivity index (χ4n) is 3.06. The highest BCUT2D eigenvalue weighted by atomic mass is 35.5. The molecule has 3 rings (SSSR count). The maximum atomic E-state index is 13.4. The first kappa shape index (κ1) is 17.3. The average molecular weight is 365 g/mol. The number of aryl methyl sites for hydroxylation is 2. The minimum atomic E-state index is -0.344. The second kappa shape index (κ2) is 7.14. The highest BCUT2D eigenvalue weighted by molar-refractivity contribution is 6.33. The number of fused-ring (bicyclic) bond motifs is 1. The van der Waals surface area contributed by atoms with Crippen LogP contribution in [-0.2, 0) is 6.42 Å². The number of H-pyrrole nitrogens is 1. The van der Waals surface area contributed by atoms with Crippen molar-refractivity contribution in [3.63, 3.8) is 0 Å². The number of nitrogens with two attached hydrogens (primary N) is 1. The van der Waals surface area contributed by atoms with Gasteiger partial charge in [0.2, 0.25) is 0 Å². The number of aromatic nitrogens is 1. The van der Waals surface area contributed by atoms with E-state index in [2.05, 4.69) is 4.98 Å². The lowest BCUT2D eigenvalue weighted by atomic mass is 9.99. The Hall–Kier alpha value is -1.55. The molecular weight excluding hydrogens is 346 g/mol. The van der Waals surface area contributed by atoms with E-state index in [1.165, 1.54) is 17.7 Å². The number of unbranched alkanes of at least 4 members (excludes halogenated alkanes) is 1. The molecular formula is C19H19Cl2FN2. The molecule has 0 atom stereocenters. The standard InChI is InChI=1S/C19H19Cl2FN2/c1-11-16(20)8-7-14-13(4-2-3-9-23)19(24-18(11)14)15-6-5-12(22)10-17(15)21/h5-8,10,24H,2-4,9,23H2,1H3. The highest BCUT2D eigenvalue weighted by Crippen LogP contribution is 2.38. The number of nitrogens with one attached hydrogen (secondary N) is 1. The van der Waals surface area contributed by atoms with E-state index in [0.29, 0.717) is 16.6 Å². The largest absolute Gasteiger partial charge is 0.354 e. The van der Waals surface area contributed by atoms with Crippen molar-refractivity contribution in [2.45, 2.75) is 26.2 Å². The first-order chi connectivity index (χ1) is 11.5. The molecule has 5 heteroatoms. The summed E-state index contributed by atoms with van der Waals surface area (Å²) in [7, 11) is 0. The van der Waals surface area contributed by atoms with Crippen LogP contribution in [0.1, 0.15) is 24.0 Å².